The van der Waals surface area contributed by atoms with Gasteiger partial charge >= 0.3 is 5.97 Å². The molecule has 0 bridgehead atoms. The van der Waals surface area contributed by atoms with Gasteiger partial charge in [0.1, 0.15) is 11.5 Å². The van der Waals surface area contributed by atoms with E-state index in [4.69, 9.17) is 25.8 Å². The Morgan fingerprint density at radius 3 is 2.75 bits per heavy atom. The van der Waals surface area contributed by atoms with Crippen LogP contribution in [0.5, 0.6) is 11.5 Å². The molecule has 1 aromatic carbocycles. The molecular formula is C11H13ClO4. The molecule has 88 valence electrons. The van der Waals surface area contributed by atoms with Crippen molar-refractivity contribution in [3.8, 4) is 11.5 Å². The number of hydrogen-bond acceptors (Lipinski definition) is 4. The molecule has 0 atom stereocenters. The van der Waals surface area contributed by atoms with Crippen LogP contribution in [0.3, 0.4) is 0 Å². The molecule has 5 heteroatoms. The number of ether oxygens (including phenoxy) is 3. The second kappa shape index (κ2) is 6.23. The highest BCUT2D eigenvalue weighted by molar-refractivity contribution is 6.32. The first-order chi connectivity index (χ1) is 7.67. The van der Waals surface area contributed by atoms with Crippen LogP contribution in [0.25, 0.3) is 0 Å². The molecule has 0 aliphatic heterocycles. The van der Waals surface area contributed by atoms with Crippen molar-refractivity contribution >= 4 is 17.6 Å². The number of halogens is 1. The predicted octanol–water partition coefficient (Wildman–Crippen LogP) is 2.29. The number of carbonyl (C=O) groups is 1. The number of methoxy groups -OCH3 is 1. The highest BCUT2D eigenvalue weighted by Crippen LogP contribution is 2.28. The van der Waals surface area contributed by atoms with Gasteiger partial charge in [0, 0.05) is 6.07 Å². The normalized spacial score (nSPS) is 9.69. The Hall–Kier alpha value is -1.42. The molecule has 0 aliphatic carbocycles. The van der Waals surface area contributed by atoms with E-state index in [1.165, 1.54) is 7.11 Å². The molecule has 0 spiro atoms. The van der Waals surface area contributed by atoms with E-state index in [1.54, 1.807) is 25.1 Å². The van der Waals surface area contributed by atoms with Crippen LogP contribution in [-0.4, -0.2) is 26.3 Å². The fraction of sp³-hybridized carbons (Fsp3) is 0.364. The van der Waals surface area contributed by atoms with Gasteiger partial charge in [0.25, 0.3) is 0 Å². The molecule has 4 nitrogen and oxygen atoms in total. The minimum absolute atomic E-state index is 0.128. The summed E-state index contributed by atoms with van der Waals surface area (Å²) in [5, 5.41) is 0.434. The van der Waals surface area contributed by atoms with Crippen LogP contribution in [0.1, 0.15) is 6.92 Å². The summed E-state index contributed by atoms with van der Waals surface area (Å²) in [5.41, 5.74) is 0. The van der Waals surface area contributed by atoms with Crippen molar-refractivity contribution in [1.82, 2.24) is 0 Å². The average molecular weight is 245 g/mol. The minimum atomic E-state index is -0.408. The van der Waals surface area contributed by atoms with Crippen LogP contribution >= 0.6 is 11.6 Å². The third kappa shape index (κ3) is 3.62. The van der Waals surface area contributed by atoms with Gasteiger partial charge in [-0.25, -0.2) is 4.79 Å². The molecule has 0 fully saturated rings. The molecule has 0 heterocycles. The highest BCUT2D eigenvalue weighted by atomic mass is 35.5. The first-order valence-electron chi connectivity index (χ1n) is 4.79. The molecule has 0 aromatic heterocycles. The van der Waals surface area contributed by atoms with Gasteiger partial charge in [-0.3, -0.25) is 0 Å². The predicted molar refractivity (Wildman–Crippen MR) is 60.1 cm³/mol. The summed E-state index contributed by atoms with van der Waals surface area (Å²) in [6.45, 7) is 1.95. The second-order valence-corrected chi connectivity index (χ2v) is 3.30. The maximum Gasteiger partial charge on any atom is 0.344 e. The Bertz CT molecular complexity index is 365. The van der Waals surface area contributed by atoms with Gasteiger partial charge < -0.3 is 14.2 Å². The summed E-state index contributed by atoms with van der Waals surface area (Å²) in [4.78, 5) is 11.0. The summed E-state index contributed by atoms with van der Waals surface area (Å²) in [6.07, 6.45) is 0. The van der Waals surface area contributed by atoms with E-state index < -0.39 is 5.97 Å². The van der Waals surface area contributed by atoms with Gasteiger partial charge in [-0.2, -0.15) is 0 Å². The quantitative estimate of drug-likeness (QED) is 0.746. The average Bonchev–Trinajstić information content (AvgIpc) is 2.27. The number of carbonyl (C=O) groups excluding carboxylic acids is 1. The maximum atomic E-state index is 11.0. The zero-order valence-electron chi connectivity index (χ0n) is 9.16. The van der Waals surface area contributed by atoms with E-state index in [-0.39, 0.29) is 6.61 Å². The van der Waals surface area contributed by atoms with Crippen molar-refractivity contribution in [2.45, 2.75) is 6.92 Å². The Morgan fingerprint density at radius 1 is 1.44 bits per heavy atom. The molecule has 0 unspecified atom stereocenters. The lowest BCUT2D eigenvalue weighted by molar-refractivity contribution is -0.145. The summed E-state index contributed by atoms with van der Waals surface area (Å²) in [6, 6.07) is 4.92. The Balaban J connectivity index is 2.55. The number of rotatable bonds is 5. The molecule has 0 N–H and O–H groups in total. The standard InChI is InChI=1S/C11H13ClO4/c1-3-15-11(13)7-16-8-4-5-10(14-2)9(12)6-8/h4-6H,3,7H2,1-2H3. The first-order valence-corrected chi connectivity index (χ1v) is 5.17. The third-order valence-electron chi connectivity index (χ3n) is 1.79. The van der Waals surface area contributed by atoms with Gasteiger partial charge in [0.05, 0.1) is 18.7 Å². The van der Waals surface area contributed by atoms with E-state index in [0.29, 0.717) is 23.1 Å². The summed E-state index contributed by atoms with van der Waals surface area (Å²) in [5.74, 6) is 0.651. The number of hydrogen-bond donors (Lipinski definition) is 0. The van der Waals surface area contributed by atoms with E-state index in [2.05, 4.69) is 0 Å². The van der Waals surface area contributed by atoms with E-state index in [0.717, 1.165) is 0 Å². The number of benzene rings is 1. The SMILES string of the molecule is CCOC(=O)COc1ccc(OC)c(Cl)c1. The van der Waals surface area contributed by atoms with Crippen LogP contribution < -0.4 is 9.47 Å². The molecule has 0 saturated heterocycles. The Kier molecular flexibility index (Phi) is 4.92. The van der Waals surface area contributed by atoms with Crippen molar-refractivity contribution in [2.24, 2.45) is 0 Å². The van der Waals surface area contributed by atoms with E-state index in [1.807, 2.05) is 0 Å². The van der Waals surface area contributed by atoms with Gasteiger partial charge in [0.15, 0.2) is 6.61 Å². The third-order valence-corrected chi connectivity index (χ3v) is 2.08. The topological polar surface area (TPSA) is 44.8 Å². The molecule has 16 heavy (non-hydrogen) atoms. The summed E-state index contributed by atoms with van der Waals surface area (Å²) < 4.78 is 14.9. The van der Waals surface area contributed by atoms with Crippen molar-refractivity contribution in [3.05, 3.63) is 23.2 Å². The molecule has 1 rings (SSSR count). The maximum absolute atomic E-state index is 11.0. The zero-order chi connectivity index (χ0) is 12.0. The minimum Gasteiger partial charge on any atom is -0.495 e. The fourth-order valence-electron chi connectivity index (χ4n) is 1.08. The highest BCUT2D eigenvalue weighted by Gasteiger charge is 2.05. The second-order valence-electron chi connectivity index (χ2n) is 2.89. The van der Waals surface area contributed by atoms with Crippen LogP contribution in [0, 0.1) is 0 Å². The zero-order valence-corrected chi connectivity index (χ0v) is 9.91. The molecular weight excluding hydrogens is 232 g/mol. The lowest BCUT2D eigenvalue weighted by Gasteiger charge is -2.07. The van der Waals surface area contributed by atoms with Crippen LogP contribution in [0.2, 0.25) is 5.02 Å². The van der Waals surface area contributed by atoms with Gasteiger partial charge in [-0.15, -0.1) is 0 Å². The number of esters is 1. The lowest BCUT2D eigenvalue weighted by Crippen LogP contribution is -2.14. The van der Waals surface area contributed by atoms with E-state index in [9.17, 15) is 4.79 Å². The van der Waals surface area contributed by atoms with E-state index >= 15 is 0 Å². The molecule has 0 radical (unpaired) electrons. The molecule has 1 aromatic rings. The van der Waals surface area contributed by atoms with Gasteiger partial charge in [0.2, 0.25) is 0 Å². The van der Waals surface area contributed by atoms with Crippen molar-refractivity contribution in [3.63, 3.8) is 0 Å². The van der Waals surface area contributed by atoms with Crippen LogP contribution in [-0.2, 0) is 9.53 Å². The first kappa shape index (κ1) is 12.6. The Labute approximate surface area is 99.1 Å². The van der Waals surface area contributed by atoms with Crippen LogP contribution in [0.4, 0.5) is 0 Å². The largest absolute Gasteiger partial charge is 0.495 e. The lowest BCUT2D eigenvalue weighted by atomic mass is 10.3. The van der Waals surface area contributed by atoms with Gasteiger partial charge in [-0.05, 0) is 19.1 Å². The smallest absolute Gasteiger partial charge is 0.344 e. The summed E-state index contributed by atoms with van der Waals surface area (Å²) in [7, 11) is 1.53. The van der Waals surface area contributed by atoms with Gasteiger partial charge in [-0.1, -0.05) is 11.6 Å². The fourth-order valence-corrected chi connectivity index (χ4v) is 1.33. The summed E-state index contributed by atoms with van der Waals surface area (Å²) >= 11 is 5.88. The Morgan fingerprint density at radius 2 is 2.19 bits per heavy atom. The van der Waals surface area contributed by atoms with Crippen molar-refractivity contribution in [2.75, 3.05) is 20.3 Å². The monoisotopic (exact) mass is 244 g/mol. The van der Waals surface area contributed by atoms with Crippen molar-refractivity contribution in [1.29, 1.82) is 0 Å². The van der Waals surface area contributed by atoms with Crippen LogP contribution in [0.15, 0.2) is 18.2 Å². The molecule has 0 aliphatic rings. The van der Waals surface area contributed by atoms with Crippen molar-refractivity contribution < 1.29 is 19.0 Å². The molecule has 0 saturated carbocycles. The molecule has 0 amide bonds.